The molecule has 3 nitrogen and oxygen atoms in total. The Hall–Kier alpha value is -0.910. The van der Waals surface area contributed by atoms with E-state index in [1.807, 2.05) is 19.1 Å². The molecule has 0 saturated heterocycles. The van der Waals surface area contributed by atoms with E-state index < -0.39 is 0 Å². The first-order chi connectivity index (χ1) is 7.79. The lowest BCUT2D eigenvalue weighted by Gasteiger charge is -2.05. The minimum Gasteiger partial charge on any atom is -0.330 e. The number of nitrogens with two attached hydrogens (primary N) is 1. The standard InChI is InChI=1S/C11H13N3S2/c1-8-13-11(16-14-8)15-10-5-3-2-4-9(10)6-7-12/h2-5H,6-7,12H2,1H3. The Bertz CT molecular complexity index is 468. The van der Waals surface area contributed by atoms with Gasteiger partial charge in [-0.3, -0.25) is 0 Å². The molecule has 0 bridgehead atoms. The highest BCUT2D eigenvalue weighted by Crippen LogP contribution is 2.31. The predicted molar refractivity (Wildman–Crippen MR) is 68.0 cm³/mol. The van der Waals surface area contributed by atoms with E-state index in [-0.39, 0.29) is 0 Å². The van der Waals surface area contributed by atoms with Gasteiger partial charge in [0.1, 0.15) is 5.82 Å². The van der Waals surface area contributed by atoms with Gasteiger partial charge in [-0.1, -0.05) is 30.0 Å². The molecule has 1 aromatic heterocycles. The van der Waals surface area contributed by atoms with Crippen molar-refractivity contribution in [1.82, 2.24) is 9.36 Å². The lowest BCUT2D eigenvalue weighted by atomic mass is 10.1. The maximum Gasteiger partial charge on any atom is 0.174 e. The van der Waals surface area contributed by atoms with Crippen molar-refractivity contribution in [2.75, 3.05) is 6.54 Å². The van der Waals surface area contributed by atoms with Crippen LogP contribution in [-0.4, -0.2) is 15.9 Å². The zero-order valence-corrected chi connectivity index (χ0v) is 10.6. The first kappa shape index (κ1) is 11.6. The molecule has 0 saturated carbocycles. The lowest BCUT2D eigenvalue weighted by molar-refractivity contribution is 0.944. The van der Waals surface area contributed by atoms with Gasteiger partial charge in [0.25, 0.3) is 0 Å². The molecule has 0 aliphatic rings. The number of benzene rings is 1. The first-order valence-corrected chi connectivity index (χ1v) is 6.64. The van der Waals surface area contributed by atoms with Gasteiger partial charge in [-0.15, -0.1) is 0 Å². The second kappa shape index (κ2) is 5.43. The van der Waals surface area contributed by atoms with Crippen molar-refractivity contribution in [3.8, 4) is 0 Å². The molecule has 1 aromatic carbocycles. The summed E-state index contributed by atoms with van der Waals surface area (Å²) in [6.07, 6.45) is 0.904. The molecule has 0 aliphatic heterocycles. The van der Waals surface area contributed by atoms with Gasteiger partial charge >= 0.3 is 0 Å². The van der Waals surface area contributed by atoms with Crippen LogP contribution in [0.5, 0.6) is 0 Å². The first-order valence-electron chi connectivity index (χ1n) is 5.05. The third kappa shape index (κ3) is 2.81. The summed E-state index contributed by atoms with van der Waals surface area (Å²) in [5, 5.41) is 0. The van der Waals surface area contributed by atoms with E-state index >= 15 is 0 Å². The van der Waals surface area contributed by atoms with E-state index in [4.69, 9.17) is 5.73 Å². The van der Waals surface area contributed by atoms with Crippen molar-refractivity contribution in [1.29, 1.82) is 0 Å². The molecule has 84 valence electrons. The summed E-state index contributed by atoms with van der Waals surface area (Å²) in [4.78, 5) is 5.57. The molecule has 16 heavy (non-hydrogen) atoms. The monoisotopic (exact) mass is 251 g/mol. The molecule has 1 heterocycles. The maximum atomic E-state index is 5.59. The highest BCUT2D eigenvalue weighted by molar-refractivity contribution is 8.01. The van der Waals surface area contributed by atoms with Gasteiger partial charge in [-0.25, -0.2) is 4.98 Å². The molecule has 0 amide bonds. The van der Waals surface area contributed by atoms with Gasteiger partial charge in [0, 0.05) is 4.90 Å². The van der Waals surface area contributed by atoms with E-state index in [9.17, 15) is 0 Å². The Morgan fingerprint density at radius 2 is 2.19 bits per heavy atom. The van der Waals surface area contributed by atoms with Crippen LogP contribution in [0.4, 0.5) is 0 Å². The highest BCUT2D eigenvalue weighted by atomic mass is 32.2. The van der Waals surface area contributed by atoms with Gasteiger partial charge in [0.05, 0.1) is 0 Å². The Morgan fingerprint density at radius 3 is 2.88 bits per heavy atom. The summed E-state index contributed by atoms with van der Waals surface area (Å²) < 4.78 is 5.16. The van der Waals surface area contributed by atoms with Gasteiger partial charge in [0.15, 0.2) is 4.34 Å². The van der Waals surface area contributed by atoms with Gasteiger partial charge in [-0.2, -0.15) is 4.37 Å². The summed E-state index contributed by atoms with van der Waals surface area (Å²) >= 11 is 3.11. The topological polar surface area (TPSA) is 51.8 Å². The SMILES string of the molecule is Cc1nsc(Sc2ccccc2CCN)n1. The Balaban J connectivity index is 2.20. The predicted octanol–water partition coefficient (Wildman–Crippen LogP) is 2.50. The molecule has 2 aromatic rings. The van der Waals surface area contributed by atoms with Crippen LogP contribution in [0.2, 0.25) is 0 Å². The molecule has 2 N–H and O–H groups in total. The molecular formula is C11H13N3S2. The van der Waals surface area contributed by atoms with E-state index in [2.05, 4.69) is 21.5 Å². The van der Waals surface area contributed by atoms with Crippen molar-refractivity contribution in [3.63, 3.8) is 0 Å². The van der Waals surface area contributed by atoms with Gasteiger partial charge < -0.3 is 5.73 Å². The number of aromatic nitrogens is 2. The molecule has 0 atom stereocenters. The summed E-state index contributed by atoms with van der Waals surface area (Å²) in [6, 6.07) is 8.30. The lowest BCUT2D eigenvalue weighted by Crippen LogP contribution is -2.03. The molecular weight excluding hydrogens is 238 g/mol. The van der Waals surface area contributed by atoms with Crippen LogP contribution < -0.4 is 5.73 Å². The van der Waals surface area contributed by atoms with E-state index in [0.29, 0.717) is 6.54 Å². The van der Waals surface area contributed by atoms with Crippen molar-refractivity contribution >= 4 is 23.3 Å². The quantitative estimate of drug-likeness (QED) is 0.907. The van der Waals surface area contributed by atoms with Gasteiger partial charge in [-0.05, 0) is 43.1 Å². The number of rotatable bonds is 4. The molecule has 2 rings (SSSR count). The maximum absolute atomic E-state index is 5.59. The fourth-order valence-electron chi connectivity index (χ4n) is 1.38. The third-order valence-electron chi connectivity index (χ3n) is 2.09. The normalized spacial score (nSPS) is 10.6. The van der Waals surface area contributed by atoms with Crippen molar-refractivity contribution in [2.24, 2.45) is 5.73 Å². The van der Waals surface area contributed by atoms with Crippen LogP contribution in [-0.2, 0) is 6.42 Å². The van der Waals surface area contributed by atoms with Crippen LogP contribution in [0, 0.1) is 6.92 Å². The Morgan fingerprint density at radius 1 is 1.38 bits per heavy atom. The fourth-order valence-corrected chi connectivity index (χ4v) is 3.15. The average Bonchev–Trinajstić information content (AvgIpc) is 2.67. The van der Waals surface area contributed by atoms with Crippen LogP contribution >= 0.6 is 23.3 Å². The summed E-state index contributed by atoms with van der Waals surface area (Å²) in [5.41, 5.74) is 6.87. The second-order valence-electron chi connectivity index (χ2n) is 3.36. The van der Waals surface area contributed by atoms with Crippen LogP contribution in [0.15, 0.2) is 33.5 Å². The summed E-state index contributed by atoms with van der Waals surface area (Å²) in [7, 11) is 0. The number of aryl methyl sites for hydroxylation is 1. The molecule has 0 radical (unpaired) electrons. The van der Waals surface area contributed by atoms with E-state index in [1.165, 1.54) is 22.0 Å². The third-order valence-corrected chi connectivity index (χ3v) is 4.05. The Labute approximate surface area is 103 Å². The second-order valence-corrected chi connectivity index (χ2v) is 5.40. The van der Waals surface area contributed by atoms with Crippen molar-refractivity contribution < 1.29 is 0 Å². The Kier molecular flexibility index (Phi) is 3.93. The zero-order valence-electron chi connectivity index (χ0n) is 9.01. The highest BCUT2D eigenvalue weighted by Gasteiger charge is 2.06. The molecule has 0 spiro atoms. The van der Waals surface area contributed by atoms with Crippen molar-refractivity contribution in [3.05, 3.63) is 35.7 Å². The number of hydrogen-bond acceptors (Lipinski definition) is 5. The van der Waals surface area contributed by atoms with Crippen LogP contribution in [0.1, 0.15) is 11.4 Å². The van der Waals surface area contributed by atoms with Crippen molar-refractivity contribution in [2.45, 2.75) is 22.6 Å². The minimum absolute atomic E-state index is 0.673. The fraction of sp³-hybridized carbons (Fsp3) is 0.273. The number of hydrogen-bond donors (Lipinski definition) is 1. The smallest absolute Gasteiger partial charge is 0.174 e. The zero-order chi connectivity index (χ0) is 11.4. The molecule has 0 fully saturated rings. The molecule has 0 aliphatic carbocycles. The largest absolute Gasteiger partial charge is 0.330 e. The van der Waals surface area contributed by atoms with Crippen LogP contribution in [0.3, 0.4) is 0 Å². The molecule has 5 heteroatoms. The van der Waals surface area contributed by atoms with Gasteiger partial charge in [0.2, 0.25) is 0 Å². The van der Waals surface area contributed by atoms with Crippen LogP contribution in [0.25, 0.3) is 0 Å². The summed E-state index contributed by atoms with van der Waals surface area (Å²) in [6.45, 7) is 2.58. The van der Waals surface area contributed by atoms with E-state index in [1.54, 1.807) is 11.8 Å². The summed E-state index contributed by atoms with van der Waals surface area (Å²) in [5.74, 6) is 0.837. The number of nitrogens with zero attached hydrogens (tertiary/aromatic N) is 2. The average molecular weight is 251 g/mol. The van der Waals surface area contributed by atoms with E-state index in [0.717, 1.165) is 16.6 Å². The molecule has 0 unspecified atom stereocenters. The minimum atomic E-state index is 0.673.